The van der Waals surface area contributed by atoms with E-state index in [1.807, 2.05) is 17.8 Å². The van der Waals surface area contributed by atoms with E-state index in [9.17, 15) is 9.46 Å². The molecular formula is C8H17N2O4P. The summed E-state index contributed by atoms with van der Waals surface area (Å²) in [6, 6.07) is 0. The lowest BCUT2D eigenvalue weighted by Crippen LogP contribution is -2.23. The molecule has 7 heteroatoms. The molecule has 0 saturated carbocycles. The maximum absolute atomic E-state index is 9.59. The Bertz CT molecular complexity index is 320. The third-order valence-electron chi connectivity index (χ3n) is 1.48. The largest absolute Gasteiger partial charge is 0.756 e. The van der Waals surface area contributed by atoms with Gasteiger partial charge in [0.2, 0.25) is 6.33 Å². The molecule has 0 aliphatic heterocycles. The Balaban J connectivity index is 0.000000265. The summed E-state index contributed by atoms with van der Waals surface area (Å²) in [6.07, 6.45) is 6.14. The van der Waals surface area contributed by atoms with E-state index in [0.29, 0.717) is 0 Å². The van der Waals surface area contributed by atoms with Crippen LogP contribution in [-0.2, 0) is 22.7 Å². The Morgan fingerprint density at radius 2 is 2.20 bits per heavy atom. The van der Waals surface area contributed by atoms with Crippen LogP contribution in [0.3, 0.4) is 0 Å². The minimum atomic E-state index is -4.42. The van der Waals surface area contributed by atoms with Crippen molar-refractivity contribution in [3.8, 4) is 0 Å². The van der Waals surface area contributed by atoms with Crippen molar-refractivity contribution < 1.29 is 23.4 Å². The highest BCUT2D eigenvalue weighted by Gasteiger charge is 1.95. The molecule has 0 amide bonds. The third kappa shape index (κ3) is 8.32. The van der Waals surface area contributed by atoms with Crippen LogP contribution in [0.1, 0.15) is 13.8 Å². The van der Waals surface area contributed by atoms with Crippen molar-refractivity contribution in [2.45, 2.75) is 20.4 Å². The van der Waals surface area contributed by atoms with E-state index in [-0.39, 0.29) is 6.61 Å². The van der Waals surface area contributed by atoms with Crippen LogP contribution in [-0.4, -0.2) is 16.1 Å². The predicted molar refractivity (Wildman–Crippen MR) is 52.7 cm³/mol. The minimum Gasteiger partial charge on any atom is -0.756 e. The van der Waals surface area contributed by atoms with E-state index in [0.717, 1.165) is 6.54 Å². The second-order valence-corrected chi connectivity index (χ2v) is 3.99. The predicted octanol–water partition coefficient (Wildman–Crippen LogP) is -0.184. The topological polar surface area (TPSA) is 78.4 Å². The molecule has 0 saturated heterocycles. The second-order valence-electron chi connectivity index (χ2n) is 2.80. The van der Waals surface area contributed by atoms with Gasteiger partial charge in [0.05, 0.1) is 20.2 Å². The van der Waals surface area contributed by atoms with Gasteiger partial charge in [-0.25, -0.2) is 9.13 Å². The zero-order valence-corrected chi connectivity index (χ0v) is 10.1. The number of aromatic nitrogens is 2. The number of aryl methyl sites for hydroxylation is 2. The zero-order chi connectivity index (χ0) is 11.9. The SMILES string of the molecule is CCOP(=O)([O-])O.CCn1cc[n+](C)c1. The molecule has 6 nitrogen and oxygen atoms in total. The fourth-order valence-corrected chi connectivity index (χ4v) is 1.18. The molecule has 0 fully saturated rings. The fraction of sp³-hybridized carbons (Fsp3) is 0.625. The van der Waals surface area contributed by atoms with Crippen molar-refractivity contribution in [1.29, 1.82) is 0 Å². The molecule has 0 aromatic carbocycles. The molecule has 88 valence electrons. The van der Waals surface area contributed by atoms with E-state index in [1.54, 1.807) is 0 Å². The van der Waals surface area contributed by atoms with Crippen molar-refractivity contribution in [2.75, 3.05) is 6.61 Å². The van der Waals surface area contributed by atoms with Crippen LogP contribution in [0.15, 0.2) is 18.7 Å². The summed E-state index contributed by atoms with van der Waals surface area (Å²) < 4.78 is 17.5. The number of nitrogens with zero attached hydrogens (tertiary/aromatic N) is 2. The van der Waals surface area contributed by atoms with Gasteiger partial charge in [-0.1, -0.05) is 0 Å². The van der Waals surface area contributed by atoms with Gasteiger partial charge in [-0.15, -0.1) is 0 Å². The summed E-state index contributed by atoms with van der Waals surface area (Å²) in [6.45, 7) is 4.64. The highest BCUT2D eigenvalue weighted by Crippen LogP contribution is 2.29. The molecule has 1 unspecified atom stereocenters. The van der Waals surface area contributed by atoms with Crippen molar-refractivity contribution in [3.63, 3.8) is 0 Å². The van der Waals surface area contributed by atoms with Gasteiger partial charge >= 0.3 is 0 Å². The van der Waals surface area contributed by atoms with Crippen LogP contribution in [0.25, 0.3) is 0 Å². The number of imidazole rings is 1. The Kier molecular flexibility index (Phi) is 6.43. The number of phosphoric ester groups is 1. The van der Waals surface area contributed by atoms with Gasteiger partial charge in [0.15, 0.2) is 0 Å². The van der Waals surface area contributed by atoms with Crippen LogP contribution in [0.2, 0.25) is 0 Å². The second kappa shape index (κ2) is 6.74. The highest BCUT2D eigenvalue weighted by atomic mass is 31.2. The summed E-state index contributed by atoms with van der Waals surface area (Å²) >= 11 is 0. The first-order valence-corrected chi connectivity index (χ1v) is 6.08. The van der Waals surface area contributed by atoms with Crippen molar-refractivity contribution in [3.05, 3.63) is 18.7 Å². The van der Waals surface area contributed by atoms with Gasteiger partial charge in [0, 0.05) is 0 Å². The molecule has 0 spiro atoms. The van der Waals surface area contributed by atoms with Gasteiger partial charge in [-0.05, 0) is 13.8 Å². The Morgan fingerprint density at radius 3 is 2.33 bits per heavy atom. The Hall–Kier alpha value is -0.680. The quantitative estimate of drug-likeness (QED) is 0.583. The first-order chi connectivity index (χ1) is 6.89. The number of rotatable bonds is 3. The van der Waals surface area contributed by atoms with Gasteiger partial charge in [-0.3, -0.25) is 4.57 Å². The molecule has 1 rings (SSSR count). The molecule has 1 aromatic heterocycles. The fourth-order valence-electron chi connectivity index (χ4n) is 0.852. The molecular weight excluding hydrogens is 219 g/mol. The molecule has 1 aromatic rings. The van der Waals surface area contributed by atoms with E-state index >= 15 is 0 Å². The van der Waals surface area contributed by atoms with Crippen LogP contribution in [0, 0.1) is 0 Å². The molecule has 1 atom stereocenters. The summed E-state index contributed by atoms with van der Waals surface area (Å²) in [5.41, 5.74) is 0. The molecule has 1 N–H and O–H groups in total. The van der Waals surface area contributed by atoms with Gasteiger partial charge in [-0.2, -0.15) is 0 Å². The summed E-state index contributed by atoms with van der Waals surface area (Å²) in [7, 11) is -2.40. The first-order valence-electron chi connectivity index (χ1n) is 4.58. The van der Waals surface area contributed by atoms with E-state index in [1.165, 1.54) is 6.92 Å². The van der Waals surface area contributed by atoms with Crippen LogP contribution in [0.4, 0.5) is 0 Å². The van der Waals surface area contributed by atoms with Crippen LogP contribution in [0.5, 0.6) is 0 Å². The number of hydrogen-bond acceptors (Lipinski definition) is 3. The minimum absolute atomic E-state index is 0.0166. The van der Waals surface area contributed by atoms with Gasteiger partial charge in [0.1, 0.15) is 12.4 Å². The molecule has 1 heterocycles. The Morgan fingerprint density at radius 1 is 1.60 bits per heavy atom. The van der Waals surface area contributed by atoms with Gasteiger partial charge in [0.25, 0.3) is 7.82 Å². The lowest BCUT2D eigenvalue weighted by molar-refractivity contribution is -0.671. The molecule has 0 aliphatic rings. The molecule has 0 aliphatic carbocycles. The summed E-state index contributed by atoms with van der Waals surface area (Å²) in [5.74, 6) is 0. The molecule has 0 radical (unpaired) electrons. The number of hydrogen-bond donors (Lipinski definition) is 1. The van der Waals surface area contributed by atoms with E-state index in [2.05, 4.69) is 28.5 Å². The molecule has 15 heavy (non-hydrogen) atoms. The maximum atomic E-state index is 9.59. The monoisotopic (exact) mass is 236 g/mol. The van der Waals surface area contributed by atoms with Crippen molar-refractivity contribution >= 4 is 7.82 Å². The van der Waals surface area contributed by atoms with Crippen LogP contribution >= 0.6 is 7.82 Å². The number of phosphoric acid groups is 1. The summed E-state index contributed by atoms with van der Waals surface area (Å²) in [4.78, 5) is 17.4. The van der Waals surface area contributed by atoms with Crippen molar-refractivity contribution in [2.24, 2.45) is 7.05 Å². The van der Waals surface area contributed by atoms with E-state index in [4.69, 9.17) is 4.89 Å². The standard InChI is InChI=1S/C6H11N2.C2H7O4P/c1-3-8-5-4-7(2)6-8;1-2-6-7(3,4)5/h4-6H,3H2,1-2H3;2H2,1H3,(H2,3,4,5)/q+1;/p-1. The average Bonchev–Trinajstić information content (AvgIpc) is 2.50. The first kappa shape index (κ1) is 14.3. The maximum Gasteiger partial charge on any atom is 0.265 e. The lowest BCUT2D eigenvalue weighted by atomic mass is 10.7. The average molecular weight is 236 g/mol. The normalized spacial score (nSPS) is 13.9. The smallest absolute Gasteiger partial charge is 0.265 e. The van der Waals surface area contributed by atoms with E-state index < -0.39 is 7.82 Å². The Labute approximate surface area is 89.4 Å². The summed E-state index contributed by atoms with van der Waals surface area (Å²) in [5, 5.41) is 0. The lowest BCUT2D eigenvalue weighted by Gasteiger charge is -2.12. The zero-order valence-electron chi connectivity index (χ0n) is 9.16. The third-order valence-corrected chi connectivity index (χ3v) is 2.07. The highest BCUT2D eigenvalue weighted by molar-refractivity contribution is 7.44. The van der Waals surface area contributed by atoms with Crippen molar-refractivity contribution in [1.82, 2.24) is 4.57 Å². The van der Waals surface area contributed by atoms with Crippen LogP contribution < -0.4 is 9.46 Å². The molecule has 0 bridgehead atoms. The van der Waals surface area contributed by atoms with Gasteiger partial charge < -0.3 is 14.3 Å².